The number of aromatic nitrogens is 1. The zero-order valence-corrected chi connectivity index (χ0v) is 10.9. The molecular weight excluding hydrogens is 198 g/mol. The molecule has 0 amide bonds. The first kappa shape index (κ1) is 11.4. The van der Waals surface area contributed by atoms with Crippen LogP contribution in [-0.4, -0.2) is 4.57 Å². The molecule has 0 saturated carbocycles. The number of rotatable bonds is 1. The molecule has 0 bridgehead atoms. The fraction of sp³-hybridized carbons (Fsp3) is 0.643. The number of fused-ring (bicyclic) bond motifs is 1. The van der Waals surface area contributed by atoms with E-state index in [0.717, 1.165) is 18.5 Å². The van der Waals surface area contributed by atoms with Crippen LogP contribution in [0.4, 0.5) is 0 Å². The maximum atomic E-state index is 12.1. The number of hydrogen-bond donors (Lipinski definition) is 0. The smallest absolute Gasteiger partial charge is 0.253 e. The third-order valence-electron chi connectivity index (χ3n) is 3.47. The van der Waals surface area contributed by atoms with Crippen LogP contribution in [0, 0.1) is 12.3 Å². The minimum absolute atomic E-state index is 0.199. The summed E-state index contributed by atoms with van der Waals surface area (Å²) in [6.45, 7) is 11.7. The first-order valence-corrected chi connectivity index (χ1v) is 6.05. The zero-order valence-electron chi connectivity index (χ0n) is 10.9. The molecule has 1 aromatic heterocycles. The second-order valence-corrected chi connectivity index (χ2v) is 6.12. The van der Waals surface area contributed by atoms with Crippen molar-refractivity contribution >= 4 is 0 Å². The molecule has 1 aliphatic heterocycles. The van der Waals surface area contributed by atoms with E-state index in [4.69, 9.17) is 0 Å². The molecule has 2 nitrogen and oxygen atoms in total. The van der Waals surface area contributed by atoms with Crippen LogP contribution in [0.2, 0.25) is 0 Å². The largest absolute Gasteiger partial charge is 0.312 e. The van der Waals surface area contributed by atoms with Gasteiger partial charge < -0.3 is 4.57 Å². The fourth-order valence-corrected chi connectivity index (χ4v) is 2.67. The minimum Gasteiger partial charge on any atom is -0.312 e. The summed E-state index contributed by atoms with van der Waals surface area (Å²) in [7, 11) is 0. The van der Waals surface area contributed by atoms with Crippen molar-refractivity contribution in [1.29, 1.82) is 0 Å². The Balaban J connectivity index is 2.68. The molecule has 0 saturated heterocycles. The maximum Gasteiger partial charge on any atom is 0.253 e. The van der Waals surface area contributed by atoms with Crippen molar-refractivity contribution in [3.8, 4) is 0 Å². The van der Waals surface area contributed by atoms with Crippen molar-refractivity contribution in [2.24, 2.45) is 5.41 Å². The summed E-state index contributed by atoms with van der Waals surface area (Å²) in [6.07, 6.45) is 1.02. The van der Waals surface area contributed by atoms with E-state index in [1.807, 2.05) is 11.5 Å². The van der Waals surface area contributed by atoms with E-state index in [9.17, 15) is 4.79 Å². The number of aryl methyl sites for hydroxylation is 1. The van der Waals surface area contributed by atoms with E-state index in [-0.39, 0.29) is 11.0 Å². The second kappa shape index (κ2) is 3.47. The van der Waals surface area contributed by atoms with E-state index in [0.29, 0.717) is 5.92 Å². The van der Waals surface area contributed by atoms with Gasteiger partial charge in [0.2, 0.25) is 0 Å². The highest BCUT2D eigenvalue weighted by atomic mass is 16.1. The molecule has 2 heteroatoms. The Morgan fingerprint density at radius 2 is 2.00 bits per heavy atom. The molecular formula is C14H21NO. The molecule has 0 aromatic carbocycles. The monoisotopic (exact) mass is 219 g/mol. The highest BCUT2D eigenvalue weighted by Crippen LogP contribution is 2.34. The first-order valence-electron chi connectivity index (χ1n) is 6.05. The van der Waals surface area contributed by atoms with E-state index < -0.39 is 0 Å². The summed E-state index contributed by atoms with van der Waals surface area (Å²) < 4.78 is 1.99. The molecule has 16 heavy (non-hydrogen) atoms. The standard InChI is InChI=1S/C14H21NO/c1-9(2)11-6-10(3)13(16)15-8-14(4,5)7-12(11)15/h6,9H,7-8H2,1-5H3. The lowest BCUT2D eigenvalue weighted by Crippen LogP contribution is -2.24. The average molecular weight is 219 g/mol. The van der Waals surface area contributed by atoms with Crippen LogP contribution in [0.15, 0.2) is 10.9 Å². The van der Waals surface area contributed by atoms with Crippen molar-refractivity contribution < 1.29 is 0 Å². The topological polar surface area (TPSA) is 22.0 Å². The molecule has 1 aliphatic rings. The van der Waals surface area contributed by atoms with Gasteiger partial charge in [-0.1, -0.05) is 27.7 Å². The summed E-state index contributed by atoms with van der Waals surface area (Å²) in [5.41, 5.74) is 3.91. The molecule has 0 N–H and O–H groups in total. The summed E-state index contributed by atoms with van der Waals surface area (Å²) in [5, 5.41) is 0. The Kier molecular flexibility index (Phi) is 2.48. The molecule has 0 aliphatic carbocycles. The van der Waals surface area contributed by atoms with Crippen molar-refractivity contribution in [2.75, 3.05) is 0 Å². The van der Waals surface area contributed by atoms with Crippen LogP contribution < -0.4 is 5.56 Å². The molecule has 0 fully saturated rings. The van der Waals surface area contributed by atoms with E-state index in [1.54, 1.807) is 0 Å². The summed E-state index contributed by atoms with van der Waals surface area (Å²) in [6, 6.07) is 2.08. The van der Waals surface area contributed by atoms with E-state index >= 15 is 0 Å². The average Bonchev–Trinajstić information content (AvgIpc) is 2.47. The predicted molar refractivity (Wildman–Crippen MR) is 67.0 cm³/mol. The van der Waals surface area contributed by atoms with Gasteiger partial charge in [-0.15, -0.1) is 0 Å². The van der Waals surface area contributed by atoms with Crippen molar-refractivity contribution in [3.63, 3.8) is 0 Å². The van der Waals surface area contributed by atoms with Gasteiger partial charge in [0.1, 0.15) is 0 Å². The molecule has 88 valence electrons. The molecule has 0 spiro atoms. The van der Waals surface area contributed by atoms with Crippen LogP contribution in [0.5, 0.6) is 0 Å². The Hall–Kier alpha value is -1.05. The van der Waals surface area contributed by atoms with Gasteiger partial charge in [0.25, 0.3) is 5.56 Å². The lowest BCUT2D eigenvalue weighted by atomic mass is 9.89. The quantitative estimate of drug-likeness (QED) is 0.712. The molecule has 2 rings (SSSR count). The highest BCUT2D eigenvalue weighted by molar-refractivity contribution is 5.31. The Morgan fingerprint density at radius 1 is 1.38 bits per heavy atom. The lowest BCUT2D eigenvalue weighted by Gasteiger charge is -2.14. The van der Waals surface area contributed by atoms with Crippen LogP contribution in [0.25, 0.3) is 0 Å². The Labute approximate surface area is 97.3 Å². The van der Waals surface area contributed by atoms with Crippen molar-refractivity contribution in [3.05, 3.63) is 33.2 Å². The third-order valence-corrected chi connectivity index (χ3v) is 3.47. The first-order chi connectivity index (χ1) is 7.32. The van der Waals surface area contributed by atoms with Gasteiger partial charge in [-0.25, -0.2) is 0 Å². The molecule has 0 radical (unpaired) electrons. The predicted octanol–water partition coefficient (Wildman–Crippen LogP) is 2.86. The summed E-state index contributed by atoms with van der Waals surface area (Å²) in [5.74, 6) is 0.495. The van der Waals surface area contributed by atoms with Crippen LogP contribution in [-0.2, 0) is 13.0 Å². The van der Waals surface area contributed by atoms with E-state index in [1.165, 1.54) is 11.3 Å². The van der Waals surface area contributed by atoms with Crippen molar-refractivity contribution in [2.45, 2.75) is 53.5 Å². The zero-order chi connectivity index (χ0) is 12.1. The molecule has 1 aromatic rings. The van der Waals surface area contributed by atoms with Crippen LogP contribution in [0.3, 0.4) is 0 Å². The summed E-state index contributed by atoms with van der Waals surface area (Å²) >= 11 is 0. The van der Waals surface area contributed by atoms with Gasteiger partial charge in [0, 0.05) is 17.8 Å². The maximum absolute atomic E-state index is 12.1. The molecule has 2 heterocycles. The van der Waals surface area contributed by atoms with Gasteiger partial charge in [0.05, 0.1) is 0 Å². The van der Waals surface area contributed by atoms with Gasteiger partial charge in [-0.3, -0.25) is 4.79 Å². The second-order valence-electron chi connectivity index (χ2n) is 6.12. The Bertz CT molecular complexity index is 480. The van der Waals surface area contributed by atoms with E-state index in [2.05, 4.69) is 33.8 Å². The van der Waals surface area contributed by atoms with Gasteiger partial charge in [-0.05, 0) is 36.3 Å². The fourth-order valence-electron chi connectivity index (χ4n) is 2.67. The van der Waals surface area contributed by atoms with Crippen LogP contribution >= 0.6 is 0 Å². The SMILES string of the molecule is Cc1cc(C(C)C)c2n(c1=O)CC(C)(C)C2. The van der Waals surface area contributed by atoms with Gasteiger partial charge in [-0.2, -0.15) is 0 Å². The normalized spacial score (nSPS) is 17.9. The molecule has 0 atom stereocenters. The Morgan fingerprint density at radius 3 is 2.56 bits per heavy atom. The molecule has 0 unspecified atom stereocenters. The van der Waals surface area contributed by atoms with Crippen LogP contribution in [0.1, 0.15) is 50.4 Å². The number of pyridine rings is 1. The van der Waals surface area contributed by atoms with Gasteiger partial charge in [0.15, 0.2) is 0 Å². The summed E-state index contributed by atoms with van der Waals surface area (Å²) in [4.78, 5) is 12.1. The number of hydrogen-bond acceptors (Lipinski definition) is 1. The third kappa shape index (κ3) is 1.70. The highest BCUT2D eigenvalue weighted by Gasteiger charge is 2.31. The van der Waals surface area contributed by atoms with Crippen molar-refractivity contribution in [1.82, 2.24) is 4.57 Å². The number of nitrogens with zero attached hydrogens (tertiary/aromatic N) is 1. The lowest BCUT2D eigenvalue weighted by molar-refractivity contribution is 0.357. The minimum atomic E-state index is 0.199. The van der Waals surface area contributed by atoms with Gasteiger partial charge >= 0.3 is 0 Å².